The number of benzene rings is 1. The summed E-state index contributed by atoms with van der Waals surface area (Å²) in [4.78, 5) is 18.9. The molecule has 9 nitrogen and oxygen atoms in total. The molecule has 4 rings (SSSR count). The van der Waals surface area contributed by atoms with Gasteiger partial charge in [-0.2, -0.15) is 5.10 Å². The second-order valence-electron chi connectivity index (χ2n) is 8.60. The number of likely N-dealkylation sites (tertiary alicyclic amines) is 1. The Bertz CT molecular complexity index is 1110. The smallest absolute Gasteiger partial charge is 0.239 e. The van der Waals surface area contributed by atoms with Crippen LogP contribution in [0.2, 0.25) is 0 Å². The van der Waals surface area contributed by atoms with Crippen LogP contribution in [0.1, 0.15) is 30.2 Å². The molecule has 3 N–H and O–H groups in total. The number of pyridine rings is 1. The fourth-order valence-corrected chi connectivity index (χ4v) is 4.38. The maximum atomic E-state index is 12.3. The molecule has 1 aliphatic rings. The monoisotopic (exact) mass is 452 g/mol. The van der Waals surface area contributed by atoms with Gasteiger partial charge in [0.05, 0.1) is 31.0 Å². The van der Waals surface area contributed by atoms with E-state index in [4.69, 9.17) is 4.74 Å². The fourth-order valence-electron chi connectivity index (χ4n) is 4.38. The first kappa shape index (κ1) is 23.2. The molecule has 0 spiro atoms. The lowest BCUT2D eigenvalue weighted by atomic mass is 10.0. The third-order valence-corrected chi connectivity index (χ3v) is 6.18. The number of amides is 1. The highest BCUT2D eigenvalue weighted by molar-refractivity contribution is 5.91. The van der Waals surface area contributed by atoms with E-state index in [2.05, 4.69) is 25.6 Å². The number of hydrogen-bond acceptors (Lipinski definition) is 7. The first-order valence-electron chi connectivity index (χ1n) is 11.3. The number of β-amino-alcohol motifs (C(OH)–C–C–N with tert-alkyl or cyclic N) is 1. The molecular weight excluding hydrogens is 420 g/mol. The largest absolute Gasteiger partial charge is 0.497 e. The number of ether oxygens (including phenoxy) is 1. The number of fused-ring (bicyclic) bond motifs is 1. The Morgan fingerprint density at radius 3 is 2.76 bits per heavy atom. The van der Waals surface area contributed by atoms with Crippen LogP contribution in [-0.2, 0) is 11.8 Å². The number of hydrogen-bond donors (Lipinski definition) is 3. The van der Waals surface area contributed by atoms with E-state index in [1.807, 2.05) is 44.3 Å². The summed E-state index contributed by atoms with van der Waals surface area (Å²) in [5.41, 5.74) is 2.57. The lowest BCUT2D eigenvalue weighted by Crippen LogP contribution is -2.45. The minimum absolute atomic E-state index is 0.0733. The van der Waals surface area contributed by atoms with Crippen molar-refractivity contribution < 1.29 is 14.6 Å². The van der Waals surface area contributed by atoms with Crippen molar-refractivity contribution in [1.29, 1.82) is 0 Å². The number of piperidine rings is 1. The zero-order chi connectivity index (χ0) is 23.4. The highest BCUT2D eigenvalue weighted by Gasteiger charge is 2.23. The molecule has 0 aliphatic carbocycles. The summed E-state index contributed by atoms with van der Waals surface area (Å²) >= 11 is 0. The first-order chi connectivity index (χ1) is 15.9. The van der Waals surface area contributed by atoms with Gasteiger partial charge in [0.15, 0.2) is 0 Å². The molecule has 0 bridgehead atoms. The van der Waals surface area contributed by atoms with E-state index < -0.39 is 6.10 Å². The summed E-state index contributed by atoms with van der Waals surface area (Å²) in [5.74, 6) is 1.37. The van der Waals surface area contributed by atoms with Crippen LogP contribution in [0.25, 0.3) is 10.9 Å². The van der Waals surface area contributed by atoms with Gasteiger partial charge in [-0.15, -0.1) is 0 Å². The maximum Gasteiger partial charge on any atom is 0.239 e. The van der Waals surface area contributed by atoms with Crippen LogP contribution in [-0.4, -0.2) is 70.0 Å². The highest BCUT2D eigenvalue weighted by Crippen LogP contribution is 2.27. The topological polar surface area (TPSA) is 105 Å². The van der Waals surface area contributed by atoms with Gasteiger partial charge in [0.1, 0.15) is 11.6 Å². The molecule has 1 amide bonds. The van der Waals surface area contributed by atoms with Crippen molar-refractivity contribution in [2.45, 2.75) is 31.9 Å². The Morgan fingerprint density at radius 1 is 1.27 bits per heavy atom. The molecular formula is C24H32N6O3. The number of nitrogens with one attached hydrogen (secondary N) is 2. The van der Waals surface area contributed by atoms with Crippen LogP contribution in [0, 0.1) is 6.92 Å². The molecule has 0 saturated carbocycles. The standard InChI is InChI=1S/C24H32N6O3/c1-16-12-23(29(2)28-16)27-24(32)14-26-17-7-10-30(11-8-17)15-22(31)19-6-9-25-21-5-4-18(33-3)13-20(19)21/h4-6,9,12-13,17,22,26,31H,7-8,10-11,14-15H2,1-3H3,(H,27,32). The summed E-state index contributed by atoms with van der Waals surface area (Å²) in [6, 6.07) is 9.72. The van der Waals surface area contributed by atoms with Gasteiger partial charge in [-0.05, 0) is 62.7 Å². The van der Waals surface area contributed by atoms with Crippen molar-refractivity contribution in [2.75, 3.05) is 38.6 Å². The van der Waals surface area contributed by atoms with E-state index in [1.54, 1.807) is 18.0 Å². The van der Waals surface area contributed by atoms with E-state index in [0.717, 1.165) is 53.8 Å². The number of carbonyl (C=O) groups excluding carboxylic acids is 1. The number of nitrogens with zero attached hydrogens (tertiary/aromatic N) is 4. The van der Waals surface area contributed by atoms with E-state index in [-0.39, 0.29) is 18.5 Å². The summed E-state index contributed by atoms with van der Waals surface area (Å²) in [6.07, 6.45) is 2.98. The number of carbonyl (C=O) groups is 1. The van der Waals surface area contributed by atoms with Crippen molar-refractivity contribution in [3.63, 3.8) is 0 Å². The van der Waals surface area contributed by atoms with Gasteiger partial charge in [0.2, 0.25) is 5.91 Å². The Balaban J connectivity index is 1.26. The van der Waals surface area contributed by atoms with Crippen LogP contribution >= 0.6 is 0 Å². The molecule has 9 heteroatoms. The van der Waals surface area contributed by atoms with Gasteiger partial charge in [0.25, 0.3) is 0 Å². The van der Waals surface area contributed by atoms with Crippen LogP contribution in [0.3, 0.4) is 0 Å². The normalized spacial score (nSPS) is 16.1. The minimum Gasteiger partial charge on any atom is -0.497 e. The average molecular weight is 453 g/mol. The minimum atomic E-state index is -0.611. The zero-order valence-corrected chi connectivity index (χ0v) is 19.4. The lowest BCUT2D eigenvalue weighted by Gasteiger charge is -2.33. The highest BCUT2D eigenvalue weighted by atomic mass is 16.5. The van der Waals surface area contributed by atoms with Gasteiger partial charge in [-0.1, -0.05) is 0 Å². The molecule has 1 aromatic carbocycles. The summed E-state index contributed by atoms with van der Waals surface area (Å²) in [5, 5.41) is 22.4. The zero-order valence-electron chi connectivity index (χ0n) is 19.4. The molecule has 3 aromatic rings. The SMILES string of the molecule is COc1ccc2nccc(C(O)CN3CCC(NCC(=O)Nc4cc(C)nn4C)CC3)c2c1. The van der Waals surface area contributed by atoms with Crippen LogP contribution in [0.5, 0.6) is 5.75 Å². The fraction of sp³-hybridized carbons (Fsp3) is 0.458. The van der Waals surface area contributed by atoms with Gasteiger partial charge < -0.3 is 25.4 Å². The summed E-state index contributed by atoms with van der Waals surface area (Å²) in [7, 11) is 3.45. The van der Waals surface area contributed by atoms with Crippen molar-refractivity contribution in [3.05, 3.63) is 47.8 Å². The second kappa shape index (κ2) is 10.3. The van der Waals surface area contributed by atoms with Gasteiger partial charge in [0, 0.05) is 37.3 Å². The number of anilines is 1. The lowest BCUT2D eigenvalue weighted by molar-refractivity contribution is -0.115. The molecule has 0 radical (unpaired) electrons. The first-order valence-corrected chi connectivity index (χ1v) is 11.3. The molecule has 1 saturated heterocycles. The Kier molecular flexibility index (Phi) is 7.22. The van der Waals surface area contributed by atoms with Crippen molar-refractivity contribution in [1.82, 2.24) is 25.0 Å². The third kappa shape index (κ3) is 5.68. The van der Waals surface area contributed by atoms with Crippen molar-refractivity contribution in [2.24, 2.45) is 7.05 Å². The Labute approximate surface area is 193 Å². The van der Waals surface area contributed by atoms with Crippen LogP contribution in [0.15, 0.2) is 36.5 Å². The number of aliphatic hydroxyl groups excluding tert-OH is 1. The number of methoxy groups -OCH3 is 1. The Morgan fingerprint density at radius 2 is 2.06 bits per heavy atom. The van der Waals surface area contributed by atoms with Gasteiger partial charge in [-0.3, -0.25) is 14.5 Å². The summed E-state index contributed by atoms with van der Waals surface area (Å²) < 4.78 is 7.00. The molecule has 3 heterocycles. The van der Waals surface area contributed by atoms with Crippen molar-refractivity contribution >= 4 is 22.6 Å². The number of rotatable bonds is 8. The van der Waals surface area contributed by atoms with E-state index in [0.29, 0.717) is 12.4 Å². The maximum absolute atomic E-state index is 12.3. The van der Waals surface area contributed by atoms with Crippen LogP contribution in [0.4, 0.5) is 5.82 Å². The second-order valence-corrected chi connectivity index (χ2v) is 8.60. The molecule has 176 valence electrons. The third-order valence-electron chi connectivity index (χ3n) is 6.18. The van der Waals surface area contributed by atoms with E-state index >= 15 is 0 Å². The number of aromatic nitrogens is 3. The van der Waals surface area contributed by atoms with Crippen molar-refractivity contribution in [3.8, 4) is 5.75 Å². The van der Waals surface area contributed by atoms with Gasteiger partial charge in [-0.25, -0.2) is 0 Å². The quantitative estimate of drug-likeness (QED) is 0.480. The Hall–Kier alpha value is -3.01. The van der Waals surface area contributed by atoms with Crippen LogP contribution < -0.4 is 15.4 Å². The molecule has 33 heavy (non-hydrogen) atoms. The van der Waals surface area contributed by atoms with E-state index in [1.165, 1.54) is 0 Å². The van der Waals surface area contributed by atoms with Gasteiger partial charge >= 0.3 is 0 Å². The summed E-state index contributed by atoms with van der Waals surface area (Å²) in [6.45, 7) is 4.45. The molecule has 1 fully saturated rings. The average Bonchev–Trinajstić information content (AvgIpc) is 3.13. The predicted molar refractivity (Wildman–Crippen MR) is 127 cm³/mol. The predicted octanol–water partition coefficient (Wildman–Crippen LogP) is 2.01. The molecule has 1 aliphatic heterocycles. The number of aryl methyl sites for hydroxylation is 2. The van der Waals surface area contributed by atoms with E-state index in [9.17, 15) is 9.90 Å². The molecule has 1 unspecified atom stereocenters. The molecule has 2 aromatic heterocycles. The number of aliphatic hydroxyl groups is 1. The molecule has 1 atom stereocenters.